The molecule has 0 heterocycles. The lowest BCUT2D eigenvalue weighted by Gasteiger charge is -2.22. The molecule has 0 radical (unpaired) electrons. The number of aliphatic hydroxyl groups is 2. The zero-order valence-electron chi connectivity index (χ0n) is 15.1. The third-order valence-corrected chi connectivity index (χ3v) is 3.34. The van der Waals surface area contributed by atoms with Gasteiger partial charge in [0.05, 0.1) is 13.2 Å². The molecule has 0 bridgehead atoms. The number of aliphatic carboxylic acids is 1. The molecule has 0 saturated heterocycles. The minimum Gasteiger partial charge on any atom is -0.480 e. The SMILES string of the molecule is NC(N)=NCCCC(NC(=O)C(N)CO)C(=O)NC(CO)C(=O)NCC(=O)O. The van der Waals surface area contributed by atoms with E-state index < -0.39 is 61.6 Å². The second-order valence-electron chi connectivity index (χ2n) is 5.65. The van der Waals surface area contributed by atoms with Gasteiger partial charge in [-0.25, -0.2) is 0 Å². The molecule has 14 heteroatoms. The van der Waals surface area contributed by atoms with Crippen LogP contribution in [0.15, 0.2) is 4.99 Å². The van der Waals surface area contributed by atoms with Gasteiger partial charge in [0.2, 0.25) is 17.7 Å². The van der Waals surface area contributed by atoms with Crippen LogP contribution in [-0.2, 0) is 19.2 Å². The van der Waals surface area contributed by atoms with Gasteiger partial charge in [0.25, 0.3) is 0 Å². The van der Waals surface area contributed by atoms with Crippen molar-refractivity contribution in [2.24, 2.45) is 22.2 Å². The monoisotopic (exact) mass is 405 g/mol. The van der Waals surface area contributed by atoms with Gasteiger partial charge in [0.15, 0.2) is 5.96 Å². The number of carboxylic acid groups (broad SMARTS) is 1. The molecule has 14 nitrogen and oxygen atoms in total. The topological polar surface area (TPSA) is 255 Å². The number of guanidine groups is 1. The summed E-state index contributed by atoms with van der Waals surface area (Å²) in [4.78, 5) is 50.3. The molecule has 0 fully saturated rings. The largest absolute Gasteiger partial charge is 0.480 e. The van der Waals surface area contributed by atoms with Crippen LogP contribution in [0.3, 0.4) is 0 Å². The maximum Gasteiger partial charge on any atom is 0.322 e. The Morgan fingerprint density at radius 1 is 0.929 bits per heavy atom. The molecule has 0 aliphatic carbocycles. The number of hydrogen-bond acceptors (Lipinski definition) is 8. The summed E-state index contributed by atoms with van der Waals surface area (Å²) in [6.07, 6.45) is 0.334. The Balaban J connectivity index is 5.02. The highest BCUT2D eigenvalue weighted by atomic mass is 16.4. The lowest BCUT2D eigenvalue weighted by atomic mass is 10.1. The zero-order chi connectivity index (χ0) is 21.7. The molecule has 3 unspecified atom stereocenters. The van der Waals surface area contributed by atoms with Crippen LogP contribution in [-0.4, -0.2) is 89.4 Å². The van der Waals surface area contributed by atoms with Gasteiger partial charge in [-0.2, -0.15) is 0 Å². The van der Waals surface area contributed by atoms with Crippen molar-refractivity contribution < 1.29 is 34.5 Å². The molecule has 0 aromatic rings. The molecule has 0 saturated carbocycles. The summed E-state index contributed by atoms with van der Waals surface area (Å²) in [7, 11) is 0. The third-order valence-electron chi connectivity index (χ3n) is 3.34. The Kier molecular flexibility index (Phi) is 11.8. The van der Waals surface area contributed by atoms with Gasteiger partial charge in [-0.15, -0.1) is 0 Å². The molecular formula is C14H27N7O7. The van der Waals surface area contributed by atoms with E-state index in [2.05, 4.69) is 15.6 Å². The fraction of sp³-hybridized carbons (Fsp3) is 0.643. The van der Waals surface area contributed by atoms with E-state index in [9.17, 15) is 24.3 Å². The van der Waals surface area contributed by atoms with Crippen LogP contribution in [0.25, 0.3) is 0 Å². The van der Waals surface area contributed by atoms with Crippen molar-refractivity contribution in [3.05, 3.63) is 0 Å². The average molecular weight is 405 g/mol. The summed E-state index contributed by atoms with van der Waals surface area (Å²) in [6, 6.07) is -3.86. The van der Waals surface area contributed by atoms with Crippen molar-refractivity contribution in [1.82, 2.24) is 16.0 Å². The van der Waals surface area contributed by atoms with E-state index in [1.54, 1.807) is 0 Å². The summed E-state index contributed by atoms with van der Waals surface area (Å²) >= 11 is 0. The van der Waals surface area contributed by atoms with Gasteiger partial charge in [0.1, 0.15) is 24.7 Å². The van der Waals surface area contributed by atoms with Crippen molar-refractivity contribution >= 4 is 29.7 Å². The van der Waals surface area contributed by atoms with Gasteiger partial charge in [-0.1, -0.05) is 0 Å². The van der Waals surface area contributed by atoms with E-state index in [4.69, 9.17) is 27.4 Å². The molecular weight excluding hydrogens is 378 g/mol. The van der Waals surface area contributed by atoms with Crippen LogP contribution in [0.5, 0.6) is 0 Å². The molecule has 3 atom stereocenters. The summed E-state index contributed by atoms with van der Waals surface area (Å²) in [6.45, 7) is -1.99. The van der Waals surface area contributed by atoms with Crippen molar-refractivity contribution in [2.75, 3.05) is 26.3 Å². The molecule has 0 rings (SSSR count). The van der Waals surface area contributed by atoms with E-state index in [-0.39, 0.29) is 25.3 Å². The molecule has 0 aromatic heterocycles. The van der Waals surface area contributed by atoms with Crippen LogP contribution in [0.1, 0.15) is 12.8 Å². The van der Waals surface area contributed by atoms with Crippen LogP contribution < -0.4 is 33.2 Å². The summed E-state index contributed by atoms with van der Waals surface area (Å²) in [5.41, 5.74) is 15.8. The fourth-order valence-corrected chi connectivity index (χ4v) is 1.89. The van der Waals surface area contributed by atoms with Crippen LogP contribution in [0, 0.1) is 0 Å². The summed E-state index contributed by atoms with van der Waals surface area (Å²) in [5, 5.41) is 33.3. The predicted molar refractivity (Wildman–Crippen MR) is 96.6 cm³/mol. The fourth-order valence-electron chi connectivity index (χ4n) is 1.89. The number of nitrogens with one attached hydrogen (secondary N) is 3. The Bertz CT molecular complexity index is 580. The second kappa shape index (κ2) is 13.2. The summed E-state index contributed by atoms with van der Waals surface area (Å²) < 4.78 is 0. The number of amides is 3. The first-order valence-corrected chi connectivity index (χ1v) is 8.25. The number of rotatable bonds is 13. The highest BCUT2D eigenvalue weighted by Crippen LogP contribution is 2.01. The lowest BCUT2D eigenvalue weighted by molar-refractivity contribution is -0.139. The number of carbonyl (C=O) groups excluding carboxylic acids is 3. The van der Waals surface area contributed by atoms with Gasteiger partial charge in [-0.3, -0.25) is 24.2 Å². The number of carboxylic acids is 1. The quantitative estimate of drug-likeness (QED) is 0.0797. The van der Waals surface area contributed by atoms with Crippen molar-refractivity contribution in [3.63, 3.8) is 0 Å². The number of aliphatic imine (C=N–C) groups is 1. The van der Waals surface area contributed by atoms with Crippen molar-refractivity contribution in [3.8, 4) is 0 Å². The molecule has 3 amide bonds. The van der Waals surface area contributed by atoms with Crippen molar-refractivity contribution in [2.45, 2.75) is 31.0 Å². The maximum atomic E-state index is 12.4. The Morgan fingerprint density at radius 2 is 1.54 bits per heavy atom. The van der Waals surface area contributed by atoms with Crippen molar-refractivity contribution in [1.29, 1.82) is 0 Å². The summed E-state index contributed by atoms with van der Waals surface area (Å²) in [5.74, 6) is -4.01. The van der Waals surface area contributed by atoms with Gasteiger partial charge < -0.3 is 48.5 Å². The van der Waals surface area contributed by atoms with E-state index in [1.165, 1.54) is 0 Å². The molecule has 0 aliphatic heterocycles. The Hall–Kier alpha value is -2.97. The number of hydrogen-bond donors (Lipinski definition) is 9. The highest BCUT2D eigenvalue weighted by molar-refractivity contribution is 5.93. The first-order valence-electron chi connectivity index (χ1n) is 8.25. The highest BCUT2D eigenvalue weighted by Gasteiger charge is 2.27. The normalized spacial score (nSPS) is 13.5. The predicted octanol–water partition coefficient (Wildman–Crippen LogP) is -5.48. The number of aliphatic hydroxyl groups excluding tert-OH is 2. The molecule has 28 heavy (non-hydrogen) atoms. The molecule has 0 aliphatic rings. The zero-order valence-corrected chi connectivity index (χ0v) is 15.1. The third kappa shape index (κ3) is 10.2. The lowest BCUT2D eigenvalue weighted by Crippen LogP contribution is -2.57. The molecule has 12 N–H and O–H groups in total. The number of nitrogens with two attached hydrogens (primary N) is 3. The number of carbonyl (C=O) groups is 4. The van der Waals surface area contributed by atoms with Gasteiger partial charge in [0, 0.05) is 6.54 Å². The minimum atomic E-state index is -1.43. The van der Waals surface area contributed by atoms with Crippen LogP contribution >= 0.6 is 0 Å². The molecule has 0 aromatic carbocycles. The molecule has 160 valence electrons. The first kappa shape index (κ1) is 25.0. The van der Waals surface area contributed by atoms with E-state index in [1.807, 2.05) is 5.32 Å². The average Bonchev–Trinajstić information content (AvgIpc) is 2.64. The first-order chi connectivity index (χ1) is 13.1. The van der Waals surface area contributed by atoms with E-state index >= 15 is 0 Å². The number of nitrogens with zero attached hydrogens (tertiary/aromatic N) is 1. The second-order valence-corrected chi connectivity index (χ2v) is 5.65. The van der Waals surface area contributed by atoms with E-state index in [0.29, 0.717) is 0 Å². The van der Waals surface area contributed by atoms with Gasteiger partial charge in [-0.05, 0) is 12.8 Å². The van der Waals surface area contributed by atoms with E-state index in [0.717, 1.165) is 0 Å². The standard InChI is InChI=1S/C14H27N7O7/c15-7(5-22)11(26)20-8(2-1-3-18-14(16)17)13(28)21-9(6-23)12(27)19-4-10(24)25/h7-9,22-23H,1-6,15H2,(H,19,27)(H,20,26)(H,21,28)(H,24,25)(H4,16,17,18). The van der Waals surface area contributed by atoms with Gasteiger partial charge >= 0.3 is 5.97 Å². The van der Waals surface area contributed by atoms with Crippen LogP contribution in [0.4, 0.5) is 0 Å². The maximum absolute atomic E-state index is 12.4. The minimum absolute atomic E-state index is 0.0569. The van der Waals surface area contributed by atoms with Crippen LogP contribution in [0.2, 0.25) is 0 Å². The molecule has 0 spiro atoms. The smallest absolute Gasteiger partial charge is 0.322 e. The Labute approximate surface area is 160 Å². The Morgan fingerprint density at radius 3 is 2.04 bits per heavy atom.